The van der Waals surface area contributed by atoms with E-state index in [4.69, 9.17) is 4.74 Å². The summed E-state index contributed by atoms with van der Waals surface area (Å²) in [6, 6.07) is 27.0. The molecule has 0 bridgehead atoms. The van der Waals surface area contributed by atoms with Crippen LogP contribution in [0.4, 0.5) is 33.2 Å². The van der Waals surface area contributed by atoms with Gasteiger partial charge in [0.05, 0.1) is 0 Å². The van der Waals surface area contributed by atoms with Crippen molar-refractivity contribution in [1.82, 2.24) is 15.0 Å². The molecule has 5 aromatic rings. The number of hydrogen-bond acceptors (Lipinski definition) is 7. The Morgan fingerprint density at radius 3 is 2.19 bits per heavy atom. The van der Waals surface area contributed by atoms with Crippen molar-refractivity contribution in [3.05, 3.63) is 121 Å². The van der Waals surface area contributed by atoms with Gasteiger partial charge in [0, 0.05) is 29.2 Å². The molecule has 0 spiro atoms. The number of aromatic nitrogens is 3. The summed E-state index contributed by atoms with van der Waals surface area (Å²) in [5.41, 5.74) is 1.84. The number of carbonyl (C=O) groups excluding carboxylic acids is 1. The number of nitrogens with one attached hydrogen (secondary N) is 3. The molecular formula is C28H21FN6O2. The fourth-order valence-corrected chi connectivity index (χ4v) is 3.39. The SMILES string of the molecule is O=C(Nc1ccc(Nc2cc(Nc3ccccn3)ncn2)cc1)c1cccc(Oc2ccc(F)cc2)c1. The molecule has 3 N–H and O–H groups in total. The van der Waals surface area contributed by atoms with Gasteiger partial charge in [0.1, 0.15) is 41.1 Å². The van der Waals surface area contributed by atoms with Crippen molar-refractivity contribution in [2.75, 3.05) is 16.0 Å². The maximum Gasteiger partial charge on any atom is 0.255 e. The van der Waals surface area contributed by atoms with Crippen molar-refractivity contribution in [1.29, 1.82) is 0 Å². The Morgan fingerprint density at radius 1 is 0.676 bits per heavy atom. The zero-order valence-corrected chi connectivity index (χ0v) is 19.4. The average Bonchev–Trinajstić information content (AvgIpc) is 2.92. The number of anilines is 5. The summed E-state index contributed by atoms with van der Waals surface area (Å²) >= 11 is 0. The van der Waals surface area contributed by atoms with E-state index < -0.39 is 0 Å². The predicted octanol–water partition coefficient (Wildman–Crippen LogP) is 6.54. The van der Waals surface area contributed by atoms with E-state index in [1.807, 2.05) is 30.3 Å². The second-order valence-corrected chi connectivity index (χ2v) is 7.87. The standard InChI is InChI=1S/C28H21FN6O2/c29-20-7-13-23(14-8-20)37-24-5-3-4-19(16-24)28(36)34-22-11-9-21(10-12-22)33-26-17-27(32-18-31-26)35-25-6-1-2-15-30-25/h1-18H,(H,34,36)(H2,30,31,32,33,35). The van der Waals surface area contributed by atoms with Crippen LogP contribution in [0.5, 0.6) is 11.5 Å². The first kappa shape index (κ1) is 23.4. The number of benzene rings is 3. The predicted molar refractivity (Wildman–Crippen MR) is 140 cm³/mol. The van der Waals surface area contributed by atoms with Crippen LogP contribution in [-0.4, -0.2) is 20.9 Å². The molecule has 0 aliphatic rings. The number of ether oxygens (including phenoxy) is 1. The fourth-order valence-electron chi connectivity index (χ4n) is 3.39. The summed E-state index contributed by atoms with van der Waals surface area (Å²) in [4.78, 5) is 25.4. The number of carbonyl (C=O) groups is 1. The van der Waals surface area contributed by atoms with Gasteiger partial charge in [0.2, 0.25) is 0 Å². The van der Waals surface area contributed by atoms with E-state index in [1.54, 1.807) is 48.7 Å². The number of pyridine rings is 1. The summed E-state index contributed by atoms with van der Waals surface area (Å²) in [5.74, 6) is 2.20. The highest BCUT2D eigenvalue weighted by Crippen LogP contribution is 2.24. The molecule has 0 radical (unpaired) electrons. The maximum atomic E-state index is 13.1. The van der Waals surface area contributed by atoms with Gasteiger partial charge < -0.3 is 20.7 Å². The zero-order valence-electron chi connectivity index (χ0n) is 19.4. The summed E-state index contributed by atoms with van der Waals surface area (Å²) in [5, 5.41) is 9.20. The molecule has 0 aliphatic carbocycles. The van der Waals surface area contributed by atoms with Crippen molar-refractivity contribution < 1.29 is 13.9 Å². The lowest BCUT2D eigenvalue weighted by Crippen LogP contribution is -2.11. The van der Waals surface area contributed by atoms with E-state index in [9.17, 15) is 9.18 Å². The Hall–Kier alpha value is -5.31. The van der Waals surface area contributed by atoms with Crippen molar-refractivity contribution in [2.24, 2.45) is 0 Å². The van der Waals surface area contributed by atoms with Crippen LogP contribution in [0.3, 0.4) is 0 Å². The van der Waals surface area contributed by atoms with Crippen LogP contribution in [0.25, 0.3) is 0 Å². The van der Waals surface area contributed by atoms with E-state index in [-0.39, 0.29) is 11.7 Å². The van der Waals surface area contributed by atoms with Gasteiger partial charge in [0.25, 0.3) is 5.91 Å². The molecule has 9 heteroatoms. The topological polar surface area (TPSA) is 101 Å². The van der Waals surface area contributed by atoms with Crippen LogP contribution in [0.2, 0.25) is 0 Å². The van der Waals surface area contributed by atoms with Crippen LogP contribution < -0.4 is 20.7 Å². The molecule has 0 unspecified atom stereocenters. The van der Waals surface area contributed by atoms with Gasteiger partial charge in [0.15, 0.2) is 0 Å². The minimum absolute atomic E-state index is 0.286. The summed E-state index contributed by atoms with van der Waals surface area (Å²) in [6.07, 6.45) is 3.15. The normalized spacial score (nSPS) is 10.4. The molecule has 8 nitrogen and oxygen atoms in total. The van der Waals surface area contributed by atoms with Crippen LogP contribution in [0.1, 0.15) is 10.4 Å². The minimum Gasteiger partial charge on any atom is -0.457 e. The van der Waals surface area contributed by atoms with Gasteiger partial charge in [-0.15, -0.1) is 0 Å². The van der Waals surface area contributed by atoms with E-state index >= 15 is 0 Å². The molecule has 0 atom stereocenters. The first-order chi connectivity index (χ1) is 18.1. The number of nitrogens with zero attached hydrogens (tertiary/aromatic N) is 3. The van der Waals surface area contributed by atoms with Crippen LogP contribution >= 0.6 is 0 Å². The number of hydrogen-bond donors (Lipinski definition) is 3. The number of rotatable bonds is 8. The molecule has 3 aromatic carbocycles. The van der Waals surface area contributed by atoms with Crippen LogP contribution in [0.15, 0.2) is 110 Å². The average molecular weight is 493 g/mol. The van der Waals surface area contributed by atoms with Gasteiger partial charge in [-0.3, -0.25) is 4.79 Å². The Morgan fingerprint density at radius 2 is 1.43 bits per heavy atom. The molecule has 5 rings (SSSR count). The highest BCUT2D eigenvalue weighted by molar-refractivity contribution is 6.04. The first-order valence-corrected chi connectivity index (χ1v) is 11.3. The van der Waals surface area contributed by atoms with Gasteiger partial charge >= 0.3 is 0 Å². The van der Waals surface area contributed by atoms with Gasteiger partial charge in [-0.1, -0.05) is 12.1 Å². The van der Waals surface area contributed by atoms with Crippen molar-refractivity contribution in [3.8, 4) is 11.5 Å². The van der Waals surface area contributed by atoms with E-state index in [0.29, 0.717) is 40.2 Å². The second kappa shape index (κ2) is 11.0. The molecule has 0 aliphatic heterocycles. The molecule has 37 heavy (non-hydrogen) atoms. The number of amides is 1. The second-order valence-electron chi connectivity index (χ2n) is 7.87. The number of halogens is 1. The van der Waals surface area contributed by atoms with Crippen LogP contribution in [0, 0.1) is 5.82 Å². The molecule has 2 heterocycles. The highest BCUT2D eigenvalue weighted by atomic mass is 19.1. The monoisotopic (exact) mass is 492 g/mol. The lowest BCUT2D eigenvalue weighted by molar-refractivity contribution is 0.102. The first-order valence-electron chi connectivity index (χ1n) is 11.3. The molecule has 2 aromatic heterocycles. The molecule has 0 fully saturated rings. The molecular weight excluding hydrogens is 471 g/mol. The summed E-state index contributed by atoms with van der Waals surface area (Å²) in [6.45, 7) is 0. The van der Waals surface area contributed by atoms with Gasteiger partial charge in [-0.25, -0.2) is 19.3 Å². The largest absolute Gasteiger partial charge is 0.457 e. The third kappa shape index (κ3) is 6.43. The maximum absolute atomic E-state index is 13.1. The highest BCUT2D eigenvalue weighted by Gasteiger charge is 2.09. The zero-order chi connectivity index (χ0) is 25.5. The quantitative estimate of drug-likeness (QED) is 0.226. The Labute approximate surface area is 212 Å². The molecule has 0 saturated heterocycles. The lowest BCUT2D eigenvalue weighted by atomic mass is 10.2. The third-order valence-corrected chi connectivity index (χ3v) is 5.15. The third-order valence-electron chi connectivity index (χ3n) is 5.15. The Balaban J connectivity index is 1.20. The smallest absolute Gasteiger partial charge is 0.255 e. The Bertz CT molecular complexity index is 1500. The fraction of sp³-hybridized carbons (Fsp3) is 0. The van der Waals surface area contributed by atoms with E-state index in [0.717, 1.165) is 5.69 Å². The summed E-state index contributed by atoms with van der Waals surface area (Å²) in [7, 11) is 0. The van der Waals surface area contributed by atoms with Crippen LogP contribution in [-0.2, 0) is 0 Å². The van der Waals surface area contributed by atoms with E-state index in [1.165, 1.54) is 30.6 Å². The van der Waals surface area contributed by atoms with Gasteiger partial charge in [-0.05, 0) is 78.9 Å². The molecule has 182 valence electrons. The lowest BCUT2D eigenvalue weighted by Gasteiger charge is -2.10. The van der Waals surface area contributed by atoms with Crippen molar-refractivity contribution in [3.63, 3.8) is 0 Å². The van der Waals surface area contributed by atoms with Gasteiger partial charge in [-0.2, -0.15) is 0 Å². The van der Waals surface area contributed by atoms with Crippen molar-refractivity contribution in [2.45, 2.75) is 0 Å². The molecule has 1 amide bonds. The molecule has 0 saturated carbocycles. The van der Waals surface area contributed by atoms with Crippen molar-refractivity contribution >= 4 is 34.7 Å². The Kier molecular flexibility index (Phi) is 6.94. The van der Waals surface area contributed by atoms with E-state index in [2.05, 4.69) is 30.9 Å². The minimum atomic E-state index is -0.346. The summed E-state index contributed by atoms with van der Waals surface area (Å²) < 4.78 is 18.8.